The normalized spacial score (nSPS) is 12.9. The summed E-state index contributed by atoms with van der Waals surface area (Å²) in [6.07, 6.45) is 81.2. The van der Waals surface area contributed by atoms with E-state index in [0.29, 0.717) is 19.3 Å². The lowest BCUT2D eigenvalue weighted by molar-refractivity contribution is -0.166. The summed E-state index contributed by atoms with van der Waals surface area (Å²) in [5.41, 5.74) is 0. The quantitative estimate of drug-likeness (QED) is 0.0261. The van der Waals surface area contributed by atoms with E-state index < -0.39 is 6.10 Å². The largest absolute Gasteiger partial charge is 0.462 e. The van der Waals surface area contributed by atoms with E-state index in [4.69, 9.17) is 14.2 Å². The second kappa shape index (κ2) is 59.6. The highest BCUT2D eigenvalue weighted by Gasteiger charge is 2.19. The minimum absolute atomic E-state index is 0.104. The third-order valence-electron chi connectivity index (χ3n) is 12.5. The Hall–Kier alpha value is -3.93. The van der Waals surface area contributed by atoms with Crippen LogP contribution in [0.25, 0.3) is 0 Å². The molecule has 0 N–H and O–H groups in total. The number of rotatable bonds is 53. The van der Waals surface area contributed by atoms with Gasteiger partial charge in [0.25, 0.3) is 0 Å². The molecule has 1 atom stereocenters. The van der Waals surface area contributed by atoms with Gasteiger partial charge in [0.15, 0.2) is 6.10 Å². The van der Waals surface area contributed by atoms with Crippen LogP contribution >= 0.6 is 0 Å². The third-order valence-corrected chi connectivity index (χ3v) is 12.5. The summed E-state index contributed by atoms with van der Waals surface area (Å²) in [5, 5.41) is 0. The Morgan fingerprint density at radius 1 is 0.292 bits per heavy atom. The van der Waals surface area contributed by atoms with E-state index in [1.165, 1.54) is 128 Å². The fourth-order valence-electron chi connectivity index (χ4n) is 8.13. The molecule has 0 aromatic heterocycles. The van der Waals surface area contributed by atoms with Crippen molar-refractivity contribution >= 4 is 17.9 Å². The number of esters is 3. The monoisotopic (exact) mass is 999 g/mol. The van der Waals surface area contributed by atoms with Crippen molar-refractivity contribution in [3.63, 3.8) is 0 Å². The van der Waals surface area contributed by atoms with Crippen LogP contribution in [0, 0.1) is 0 Å². The van der Waals surface area contributed by atoms with Crippen molar-refractivity contribution in [2.75, 3.05) is 13.2 Å². The number of allylic oxidation sites excluding steroid dienone is 18. The van der Waals surface area contributed by atoms with Crippen molar-refractivity contribution in [3.05, 3.63) is 109 Å². The van der Waals surface area contributed by atoms with Crippen molar-refractivity contribution in [3.8, 4) is 0 Å². The third kappa shape index (κ3) is 57.0. The zero-order valence-electron chi connectivity index (χ0n) is 46.9. The minimum Gasteiger partial charge on any atom is -0.462 e. The molecule has 0 fully saturated rings. The lowest BCUT2D eigenvalue weighted by atomic mass is 10.0. The maximum absolute atomic E-state index is 12.8. The van der Waals surface area contributed by atoms with E-state index >= 15 is 0 Å². The first-order valence-electron chi connectivity index (χ1n) is 29.9. The molecule has 1 unspecified atom stereocenters. The first kappa shape index (κ1) is 68.1. The molecule has 410 valence electrons. The van der Waals surface area contributed by atoms with Crippen LogP contribution in [0.1, 0.15) is 271 Å². The first-order valence-corrected chi connectivity index (χ1v) is 29.9. The van der Waals surface area contributed by atoms with E-state index in [1.54, 1.807) is 0 Å². The van der Waals surface area contributed by atoms with Gasteiger partial charge in [0.1, 0.15) is 13.2 Å². The molecule has 0 aliphatic heterocycles. The molecule has 0 rings (SSSR count). The number of carbonyl (C=O) groups is 3. The SMILES string of the molecule is CC/C=C\C/C=C\C/C=C\C/C=C\C/C=C\CCCCCCCCCCCCCCCCCC(=O)OCC(COC(=O)CCCCCCCCCCCC)OC(=O)CC/C=C\C/C=C\C/C=C\C/C=C\CC. The molecule has 0 radical (unpaired) electrons. The topological polar surface area (TPSA) is 78.9 Å². The van der Waals surface area contributed by atoms with Gasteiger partial charge in [0, 0.05) is 19.3 Å². The van der Waals surface area contributed by atoms with Crippen molar-refractivity contribution in [1.82, 2.24) is 0 Å². The Morgan fingerprint density at radius 2 is 0.569 bits per heavy atom. The highest BCUT2D eigenvalue weighted by Crippen LogP contribution is 2.16. The molecule has 0 heterocycles. The van der Waals surface area contributed by atoms with Crippen molar-refractivity contribution < 1.29 is 28.6 Å². The van der Waals surface area contributed by atoms with Gasteiger partial charge in [-0.05, 0) is 89.9 Å². The van der Waals surface area contributed by atoms with E-state index in [1.807, 2.05) is 12.2 Å². The Morgan fingerprint density at radius 3 is 0.903 bits per heavy atom. The van der Waals surface area contributed by atoms with Gasteiger partial charge in [0.05, 0.1) is 0 Å². The average molecular weight is 1000 g/mol. The molecule has 0 spiro atoms. The lowest BCUT2D eigenvalue weighted by Crippen LogP contribution is -2.30. The van der Waals surface area contributed by atoms with Gasteiger partial charge in [-0.25, -0.2) is 0 Å². The summed E-state index contributed by atoms with van der Waals surface area (Å²) in [6.45, 7) is 6.34. The van der Waals surface area contributed by atoms with E-state index in [9.17, 15) is 14.4 Å². The van der Waals surface area contributed by atoms with Gasteiger partial charge in [-0.1, -0.05) is 271 Å². The summed E-state index contributed by atoms with van der Waals surface area (Å²) in [4.78, 5) is 38.0. The molecule has 0 bridgehead atoms. The predicted molar refractivity (Wildman–Crippen MR) is 311 cm³/mol. The molecule has 0 saturated carbocycles. The fraction of sp³-hybridized carbons (Fsp3) is 0.682. The molecule has 6 nitrogen and oxygen atoms in total. The number of carbonyl (C=O) groups excluding carboxylic acids is 3. The molecule has 0 aliphatic rings. The van der Waals surface area contributed by atoms with Gasteiger partial charge in [-0.3, -0.25) is 14.4 Å². The zero-order valence-corrected chi connectivity index (χ0v) is 46.9. The van der Waals surface area contributed by atoms with Crippen LogP contribution in [0.5, 0.6) is 0 Å². The zero-order chi connectivity index (χ0) is 52.2. The highest BCUT2D eigenvalue weighted by atomic mass is 16.6. The molecule has 72 heavy (non-hydrogen) atoms. The van der Waals surface area contributed by atoms with Crippen LogP contribution in [-0.2, 0) is 28.6 Å². The standard InChI is InChI=1S/C66H110O6/c1-4-7-10-13-16-19-22-24-25-26-27-28-29-30-31-32-33-34-35-36-37-38-39-40-41-43-44-47-50-53-56-59-65(68)71-62-63(61-70-64(67)58-55-52-49-46-21-18-15-12-9-6-3)72-66(69)60-57-54-51-48-45-42-23-20-17-14-11-8-5-2/h7-8,10-11,16-17,19-20,24-25,27-28,30-31,42,45,51,54,63H,4-6,9,12-15,18,21-23,26,29,32-41,43-44,46-50,52-53,55-62H2,1-3H3/b10-7-,11-8-,19-16-,20-17-,25-24-,28-27-,31-30-,45-42-,54-51-. The molecule has 0 aromatic carbocycles. The number of unbranched alkanes of at least 4 members (excludes halogenated alkanes) is 24. The highest BCUT2D eigenvalue weighted by molar-refractivity contribution is 5.71. The van der Waals surface area contributed by atoms with Crippen LogP contribution in [0.3, 0.4) is 0 Å². The molecule has 0 amide bonds. The summed E-state index contributed by atoms with van der Waals surface area (Å²) >= 11 is 0. The Balaban J connectivity index is 4.16. The van der Waals surface area contributed by atoms with E-state index in [0.717, 1.165) is 96.3 Å². The Kier molecular flexibility index (Phi) is 56.4. The summed E-state index contributed by atoms with van der Waals surface area (Å²) in [7, 11) is 0. The minimum atomic E-state index is -0.813. The number of hydrogen-bond donors (Lipinski definition) is 0. The van der Waals surface area contributed by atoms with Crippen LogP contribution in [0.15, 0.2) is 109 Å². The smallest absolute Gasteiger partial charge is 0.306 e. The summed E-state index contributed by atoms with van der Waals surface area (Å²) in [6, 6.07) is 0. The van der Waals surface area contributed by atoms with Crippen molar-refractivity contribution in [1.29, 1.82) is 0 Å². The molecular weight excluding hydrogens is 889 g/mol. The number of hydrogen-bond acceptors (Lipinski definition) is 6. The van der Waals surface area contributed by atoms with Crippen LogP contribution in [0.2, 0.25) is 0 Å². The second-order valence-corrected chi connectivity index (χ2v) is 19.5. The summed E-state index contributed by atoms with van der Waals surface area (Å²) in [5.74, 6) is -0.986. The first-order chi connectivity index (χ1) is 35.5. The molecule has 0 aromatic rings. The predicted octanol–water partition coefficient (Wildman–Crippen LogP) is 20.3. The molecule has 0 saturated heterocycles. The van der Waals surface area contributed by atoms with Crippen molar-refractivity contribution in [2.45, 2.75) is 277 Å². The van der Waals surface area contributed by atoms with E-state index in [-0.39, 0.29) is 37.5 Å². The van der Waals surface area contributed by atoms with Crippen LogP contribution < -0.4 is 0 Å². The van der Waals surface area contributed by atoms with Gasteiger partial charge in [0.2, 0.25) is 0 Å². The van der Waals surface area contributed by atoms with Gasteiger partial charge >= 0.3 is 17.9 Å². The van der Waals surface area contributed by atoms with Crippen molar-refractivity contribution in [2.24, 2.45) is 0 Å². The maximum Gasteiger partial charge on any atom is 0.306 e. The van der Waals surface area contributed by atoms with Gasteiger partial charge in [-0.2, -0.15) is 0 Å². The van der Waals surface area contributed by atoms with Gasteiger partial charge in [-0.15, -0.1) is 0 Å². The Bertz CT molecular complexity index is 1470. The van der Waals surface area contributed by atoms with Crippen LogP contribution in [0.4, 0.5) is 0 Å². The fourth-order valence-corrected chi connectivity index (χ4v) is 8.13. The Labute approximate surface area is 444 Å². The maximum atomic E-state index is 12.8. The van der Waals surface area contributed by atoms with Crippen LogP contribution in [-0.4, -0.2) is 37.2 Å². The van der Waals surface area contributed by atoms with Gasteiger partial charge < -0.3 is 14.2 Å². The average Bonchev–Trinajstić information content (AvgIpc) is 3.38. The molecule has 0 aliphatic carbocycles. The van der Waals surface area contributed by atoms with E-state index in [2.05, 4.69) is 118 Å². The second-order valence-electron chi connectivity index (χ2n) is 19.5. The lowest BCUT2D eigenvalue weighted by Gasteiger charge is -2.18. The molecular formula is C66H110O6. The molecule has 6 heteroatoms. The summed E-state index contributed by atoms with van der Waals surface area (Å²) < 4.78 is 16.7. The number of ether oxygens (including phenoxy) is 3.